The number of ether oxygens (including phenoxy) is 2. The fourth-order valence-electron chi connectivity index (χ4n) is 2.95. The minimum Gasteiger partial charge on any atom is -0.497 e. The van der Waals surface area contributed by atoms with E-state index >= 15 is 0 Å². The van der Waals surface area contributed by atoms with Gasteiger partial charge in [-0.15, -0.1) is 0 Å². The van der Waals surface area contributed by atoms with Gasteiger partial charge in [0.1, 0.15) is 11.5 Å². The number of halogens is 1. The summed E-state index contributed by atoms with van der Waals surface area (Å²) in [5, 5.41) is 0. The number of benzene rings is 2. The van der Waals surface area contributed by atoms with Crippen molar-refractivity contribution in [1.82, 2.24) is 4.31 Å². The van der Waals surface area contributed by atoms with Crippen LogP contribution in [0.2, 0.25) is 0 Å². The summed E-state index contributed by atoms with van der Waals surface area (Å²) in [6.45, 7) is 0.564. The summed E-state index contributed by atoms with van der Waals surface area (Å²) in [6.07, 6.45) is 0.858. The topological polar surface area (TPSA) is 72.9 Å². The summed E-state index contributed by atoms with van der Waals surface area (Å²) in [6, 6.07) is 13.4. The van der Waals surface area contributed by atoms with Gasteiger partial charge in [-0.2, -0.15) is 4.31 Å². The minimum atomic E-state index is -3.58. The van der Waals surface area contributed by atoms with Crippen LogP contribution in [0.15, 0.2) is 57.9 Å². The Morgan fingerprint density at radius 1 is 1.07 bits per heavy atom. The molecule has 0 aliphatic carbocycles. The first-order valence-electron chi connectivity index (χ1n) is 8.52. The van der Waals surface area contributed by atoms with Gasteiger partial charge in [0.25, 0.3) is 0 Å². The average Bonchev–Trinajstić information content (AvgIpc) is 2.70. The molecule has 1 aliphatic rings. The molecule has 1 aliphatic heterocycles. The molecule has 0 amide bonds. The van der Waals surface area contributed by atoms with Crippen LogP contribution in [0.1, 0.15) is 12.8 Å². The molecule has 8 heteroatoms. The monoisotopic (exact) mass is 453 g/mol. The smallest absolute Gasteiger partial charge is 0.314 e. The Bertz CT molecular complexity index is 906. The summed E-state index contributed by atoms with van der Waals surface area (Å²) >= 11 is 3.35. The van der Waals surface area contributed by atoms with Crippen molar-refractivity contribution in [3.8, 4) is 11.5 Å². The number of sulfonamides is 1. The highest BCUT2D eigenvalue weighted by molar-refractivity contribution is 9.10. The molecule has 0 unspecified atom stereocenters. The van der Waals surface area contributed by atoms with Crippen LogP contribution in [0.25, 0.3) is 0 Å². The van der Waals surface area contributed by atoms with Crippen LogP contribution >= 0.6 is 15.9 Å². The molecule has 0 N–H and O–H groups in total. The Labute approximate surface area is 167 Å². The summed E-state index contributed by atoms with van der Waals surface area (Å²) < 4.78 is 38.2. The van der Waals surface area contributed by atoms with Crippen LogP contribution in [0.5, 0.6) is 11.5 Å². The molecule has 1 saturated heterocycles. The van der Waals surface area contributed by atoms with Crippen molar-refractivity contribution in [3.63, 3.8) is 0 Å². The molecule has 27 heavy (non-hydrogen) atoms. The van der Waals surface area contributed by atoms with Crippen LogP contribution < -0.4 is 9.47 Å². The van der Waals surface area contributed by atoms with E-state index in [1.54, 1.807) is 30.3 Å². The zero-order valence-corrected chi connectivity index (χ0v) is 17.2. The molecule has 0 atom stereocenters. The van der Waals surface area contributed by atoms with E-state index in [2.05, 4.69) is 15.9 Å². The van der Waals surface area contributed by atoms with Crippen LogP contribution in [0.4, 0.5) is 0 Å². The number of carbonyl (C=O) groups excluding carboxylic acids is 1. The SMILES string of the molecule is COc1ccc(S(=O)(=O)N2CCC(C(=O)Oc3ccccc3Br)CC2)cc1. The summed E-state index contributed by atoms with van der Waals surface area (Å²) in [7, 11) is -2.05. The van der Waals surface area contributed by atoms with E-state index in [1.165, 1.54) is 23.5 Å². The summed E-state index contributed by atoms with van der Waals surface area (Å²) in [5.41, 5.74) is 0. The molecule has 3 rings (SSSR count). The van der Waals surface area contributed by atoms with E-state index in [-0.39, 0.29) is 29.9 Å². The van der Waals surface area contributed by atoms with Gasteiger partial charge in [0, 0.05) is 13.1 Å². The number of esters is 1. The van der Waals surface area contributed by atoms with Gasteiger partial charge in [0.2, 0.25) is 10.0 Å². The number of hydrogen-bond donors (Lipinski definition) is 0. The van der Waals surface area contributed by atoms with Crippen molar-refractivity contribution < 1.29 is 22.7 Å². The molecule has 0 bridgehead atoms. The summed E-state index contributed by atoms with van der Waals surface area (Å²) in [4.78, 5) is 12.6. The molecule has 0 spiro atoms. The Balaban J connectivity index is 1.62. The Morgan fingerprint density at radius 2 is 1.70 bits per heavy atom. The predicted octanol–water partition coefficient (Wildman–Crippen LogP) is 3.46. The Kier molecular flexibility index (Phi) is 6.18. The first-order chi connectivity index (χ1) is 12.9. The second kappa shape index (κ2) is 8.41. The highest BCUT2D eigenvalue weighted by atomic mass is 79.9. The van der Waals surface area contributed by atoms with Crippen LogP contribution in [-0.2, 0) is 14.8 Å². The second-order valence-corrected chi connectivity index (χ2v) is 9.00. The molecule has 2 aromatic carbocycles. The molecular formula is C19H20BrNO5S. The number of piperidine rings is 1. The van der Waals surface area contributed by atoms with E-state index in [1.807, 2.05) is 6.07 Å². The maximum atomic E-state index is 12.8. The van der Waals surface area contributed by atoms with E-state index in [0.29, 0.717) is 28.8 Å². The minimum absolute atomic E-state index is 0.220. The average molecular weight is 454 g/mol. The third-order valence-electron chi connectivity index (χ3n) is 4.53. The van der Waals surface area contributed by atoms with Crippen molar-refractivity contribution in [2.24, 2.45) is 5.92 Å². The normalized spacial score (nSPS) is 16.1. The van der Waals surface area contributed by atoms with Crippen LogP contribution in [0, 0.1) is 5.92 Å². The molecule has 1 heterocycles. The third-order valence-corrected chi connectivity index (χ3v) is 7.10. The van der Waals surface area contributed by atoms with Gasteiger partial charge in [-0.05, 0) is 65.2 Å². The molecule has 1 fully saturated rings. The molecule has 0 aromatic heterocycles. The summed E-state index contributed by atoms with van der Waals surface area (Å²) in [5.74, 6) is 0.418. The van der Waals surface area contributed by atoms with Crippen molar-refractivity contribution in [2.45, 2.75) is 17.7 Å². The largest absolute Gasteiger partial charge is 0.497 e. The first kappa shape index (κ1) is 19.9. The highest BCUT2D eigenvalue weighted by Gasteiger charge is 2.33. The first-order valence-corrected chi connectivity index (χ1v) is 10.8. The van der Waals surface area contributed by atoms with E-state index in [4.69, 9.17) is 9.47 Å². The quantitative estimate of drug-likeness (QED) is 0.511. The van der Waals surface area contributed by atoms with Crippen molar-refractivity contribution in [3.05, 3.63) is 53.0 Å². The molecule has 2 aromatic rings. The standard InChI is InChI=1S/C19H20BrNO5S/c1-25-15-6-8-16(9-7-15)27(23,24)21-12-10-14(11-13-21)19(22)26-18-5-3-2-4-17(18)20/h2-9,14H,10-13H2,1H3. The van der Waals surface area contributed by atoms with Crippen molar-refractivity contribution in [1.29, 1.82) is 0 Å². The van der Waals surface area contributed by atoms with Gasteiger partial charge in [-0.1, -0.05) is 12.1 Å². The number of nitrogens with zero attached hydrogens (tertiary/aromatic N) is 1. The third kappa shape index (κ3) is 4.51. The zero-order chi connectivity index (χ0) is 19.4. The predicted molar refractivity (Wildman–Crippen MR) is 104 cm³/mol. The fraction of sp³-hybridized carbons (Fsp3) is 0.316. The maximum Gasteiger partial charge on any atom is 0.314 e. The molecule has 0 saturated carbocycles. The maximum absolute atomic E-state index is 12.8. The zero-order valence-electron chi connectivity index (χ0n) is 14.8. The number of carbonyl (C=O) groups is 1. The number of rotatable bonds is 5. The van der Waals surface area contributed by atoms with Crippen molar-refractivity contribution in [2.75, 3.05) is 20.2 Å². The Morgan fingerprint density at radius 3 is 2.30 bits per heavy atom. The van der Waals surface area contributed by atoms with Crippen LogP contribution in [-0.4, -0.2) is 38.9 Å². The second-order valence-electron chi connectivity index (χ2n) is 6.21. The van der Waals surface area contributed by atoms with Gasteiger partial charge in [0.15, 0.2) is 0 Å². The fourth-order valence-corrected chi connectivity index (χ4v) is 4.78. The number of hydrogen-bond acceptors (Lipinski definition) is 5. The lowest BCUT2D eigenvalue weighted by molar-refractivity contribution is -0.140. The van der Waals surface area contributed by atoms with Gasteiger partial charge in [0.05, 0.1) is 22.4 Å². The lowest BCUT2D eigenvalue weighted by Gasteiger charge is -2.30. The molecule has 144 valence electrons. The Hall–Kier alpha value is -1.90. The van der Waals surface area contributed by atoms with Crippen LogP contribution in [0.3, 0.4) is 0 Å². The number of methoxy groups -OCH3 is 1. The van der Waals surface area contributed by atoms with Gasteiger partial charge in [-0.25, -0.2) is 8.42 Å². The van der Waals surface area contributed by atoms with Gasteiger partial charge in [-0.3, -0.25) is 4.79 Å². The van der Waals surface area contributed by atoms with E-state index < -0.39 is 10.0 Å². The number of para-hydroxylation sites is 1. The highest BCUT2D eigenvalue weighted by Crippen LogP contribution is 2.28. The van der Waals surface area contributed by atoms with Gasteiger partial charge < -0.3 is 9.47 Å². The lowest BCUT2D eigenvalue weighted by atomic mass is 9.98. The van der Waals surface area contributed by atoms with E-state index in [9.17, 15) is 13.2 Å². The van der Waals surface area contributed by atoms with Gasteiger partial charge >= 0.3 is 5.97 Å². The molecule has 0 radical (unpaired) electrons. The molecule has 6 nitrogen and oxygen atoms in total. The lowest BCUT2D eigenvalue weighted by Crippen LogP contribution is -2.41. The molecular weight excluding hydrogens is 434 g/mol. The van der Waals surface area contributed by atoms with Crippen molar-refractivity contribution >= 4 is 31.9 Å². The van der Waals surface area contributed by atoms with E-state index in [0.717, 1.165) is 0 Å².